The lowest BCUT2D eigenvalue weighted by molar-refractivity contribution is 0.0697. The first-order valence-corrected chi connectivity index (χ1v) is 6.51. The van der Waals surface area contributed by atoms with Crippen molar-refractivity contribution >= 4 is 29.4 Å². The van der Waals surface area contributed by atoms with Gasteiger partial charge in [-0.05, 0) is 24.6 Å². The van der Waals surface area contributed by atoms with Gasteiger partial charge in [0.15, 0.2) is 0 Å². The van der Waals surface area contributed by atoms with Gasteiger partial charge < -0.3 is 20.1 Å². The summed E-state index contributed by atoms with van der Waals surface area (Å²) in [5, 5.41) is 12.0. The van der Waals surface area contributed by atoms with Gasteiger partial charge in [-0.3, -0.25) is 0 Å². The molecule has 0 saturated carbocycles. The molecular formula is C13H15ClN2O4. The second kappa shape index (κ2) is 6.00. The number of amides is 1. The molecule has 0 spiro atoms. The molecule has 1 saturated heterocycles. The van der Waals surface area contributed by atoms with Gasteiger partial charge in [-0.25, -0.2) is 9.59 Å². The molecule has 0 aromatic heterocycles. The van der Waals surface area contributed by atoms with Crippen LogP contribution in [0.5, 0.6) is 0 Å². The van der Waals surface area contributed by atoms with Crippen molar-refractivity contribution in [3.05, 3.63) is 28.8 Å². The van der Waals surface area contributed by atoms with E-state index in [1.54, 1.807) is 6.07 Å². The number of nitrogens with zero attached hydrogens (tertiary/aromatic N) is 1. The summed E-state index contributed by atoms with van der Waals surface area (Å²) in [5.74, 6) is -1.01. The highest BCUT2D eigenvalue weighted by Gasteiger charge is 2.25. The minimum absolute atomic E-state index is 0.00216. The van der Waals surface area contributed by atoms with Crippen molar-refractivity contribution < 1.29 is 19.4 Å². The van der Waals surface area contributed by atoms with Crippen LogP contribution < -0.4 is 10.2 Å². The Kier molecular flexibility index (Phi) is 4.34. The van der Waals surface area contributed by atoms with E-state index in [4.69, 9.17) is 16.7 Å². The minimum atomic E-state index is -1.01. The number of methoxy groups -OCH3 is 1. The standard InChI is InChI=1S/C13H15ClN2O4/c1-20-13(19)15-9-4-5-16(7-9)11-3-2-8(12(17)18)6-10(11)14/h2-3,6,9H,4-5,7H2,1H3,(H,15,19)(H,17,18). The van der Waals surface area contributed by atoms with Crippen LogP contribution in [0.1, 0.15) is 16.8 Å². The molecule has 1 amide bonds. The zero-order valence-corrected chi connectivity index (χ0v) is 11.7. The predicted molar refractivity (Wildman–Crippen MR) is 74.6 cm³/mol. The average molecular weight is 299 g/mol. The van der Waals surface area contributed by atoms with Gasteiger partial charge in [0.2, 0.25) is 0 Å². The van der Waals surface area contributed by atoms with Crippen molar-refractivity contribution in [3.63, 3.8) is 0 Å². The summed E-state index contributed by atoms with van der Waals surface area (Å²) in [4.78, 5) is 24.0. The molecule has 0 bridgehead atoms. The van der Waals surface area contributed by atoms with Crippen LogP contribution in [0.15, 0.2) is 18.2 Å². The van der Waals surface area contributed by atoms with Crippen LogP contribution in [0.3, 0.4) is 0 Å². The van der Waals surface area contributed by atoms with Crippen LogP contribution in [-0.2, 0) is 4.74 Å². The number of aromatic carboxylic acids is 1. The summed E-state index contributed by atoms with van der Waals surface area (Å²) < 4.78 is 4.56. The lowest BCUT2D eigenvalue weighted by Gasteiger charge is -2.20. The molecule has 0 radical (unpaired) electrons. The third-order valence-electron chi connectivity index (χ3n) is 3.23. The molecule has 6 nitrogen and oxygen atoms in total. The molecule has 1 aromatic rings. The normalized spacial score (nSPS) is 17.9. The van der Waals surface area contributed by atoms with Crippen LogP contribution in [0, 0.1) is 0 Å². The predicted octanol–water partition coefficient (Wildman–Crippen LogP) is 1.97. The lowest BCUT2D eigenvalue weighted by Crippen LogP contribution is -2.37. The Bertz CT molecular complexity index is 535. The van der Waals surface area contributed by atoms with Crippen LogP contribution in [0.4, 0.5) is 10.5 Å². The molecule has 2 rings (SSSR count). The maximum atomic E-state index is 11.2. The smallest absolute Gasteiger partial charge is 0.407 e. The maximum absolute atomic E-state index is 11.2. The topological polar surface area (TPSA) is 78.9 Å². The third kappa shape index (κ3) is 3.14. The molecule has 20 heavy (non-hydrogen) atoms. The average Bonchev–Trinajstić information content (AvgIpc) is 2.86. The number of halogens is 1. The van der Waals surface area contributed by atoms with E-state index >= 15 is 0 Å². The molecular weight excluding hydrogens is 284 g/mol. The van der Waals surface area contributed by atoms with E-state index in [-0.39, 0.29) is 11.6 Å². The molecule has 1 aliphatic heterocycles. The number of rotatable bonds is 3. The van der Waals surface area contributed by atoms with E-state index in [1.165, 1.54) is 19.2 Å². The monoisotopic (exact) mass is 298 g/mol. The van der Waals surface area contributed by atoms with Crippen molar-refractivity contribution in [2.45, 2.75) is 12.5 Å². The second-order valence-corrected chi connectivity index (χ2v) is 4.95. The summed E-state index contributed by atoms with van der Waals surface area (Å²) in [6, 6.07) is 4.63. The molecule has 1 aliphatic rings. The number of benzene rings is 1. The molecule has 1 heterocycles. The number of anilines is 1. The summed E-state index contributed by atoms with van der Waals surface area (Å²) in [7, 11) is 1.32. The van der Waals surface area contributed by atoms with Gasteiger partial charge in [0.25, 0.3) is 0 Å². The first-order valence-electron chi connectivity index (χ1n) is 6.13. The van der Waals surface area contributed by atoms with Gasteiger partial charge in [0.05, 0.1) is 29.4 Å². The Balaban J connectivity index is 2.06. The zero-order chi connectivity index (χ0) is 14.7. The highest BCUT2D eigenvalue weighted by atomic mass is 35.5. The summed E-state index contributed by atoms with van der Waals surface area (Å²) in [6.45, 7) is 1.35. The molecule has 1 fully saturated rings. The Labute approximate surface area is 121 Å². The number of carboxylic acid groups (broad SMARTS) is 1. The number of hydrogen-bond donors (Lipinski definition) is 2. The highest BCUT2D eigenvalue weighted by molar-refractivity contribution is 6.33. The van der Waals surface area contributed by atoms with E-state index in [0.717, 1.165) is 18.7 Å². The fourth-order valence-electron chi connectivity index (χ4n) is 2.22. The largest absolute Gasteiger partial charge is 0.478 e. The van der Waals surface area contributed by atoms with Crippen molar-refractivity contribution in [1.82, 2.24) is 5.32 Å². The Hall–Kier alpha value is -1.95. The Morgan fingerprint density at radius 2 is 2.25 bits per heavy atom. The Morgan fingerprint density at radius 1 is 1.50 bits per heavy atom. The van der Waals surface area contributed by atoms with E-state index in [2.05, 4.69) is 10.1 Å². The fraction of sp³-hybridized carbons (Fsp3) is 0.385. The molecule has 1 atom stereocenters. The van der Waals surface area contributed by atoms with Gasteiger partial charge in [-0.1, -0.05) is 11.6 Å². The molecule has 108 valence electrons. The van der Waals surface area contributed by atoms with E-state index < -0.39 is 12.1 Å². The van der Waals surface area contributed by atoms with Gasteiger partial charge in [-0.15, -0.1) is 0 Å². The highest BCUT2D eigenvalue weighted by Crippen LogP contribution is 2.29. The molecule has 2 N–H and O–H groups in total. The fourth-order valence-corrected chi connectivity index (χ4v) is 2.52. The van der Waals surface area contributed by atoms with Crippen LogP contribution in [0.25, 0.3) is 0 Å². The van der Waals surface area contributed by atoms with E-state index in [0.29, 0.717) is 11.6 Å². The molecule has 0 aliphatic carbocycles. The quantitative estimate of drug-likeness (QED) is 0.892. The number of hydrogen-bond acceptors (Lipinski definition) is 4. The van der Waals surface area contributed by atoms with Gasteiger partial charge >= 0.3 is 12.1 Å². The van der Waals surface area contributed by atoms with E-state index in [1.807, 2.05) is 4.90 Å². The summed E-state index contributed by atoms with van der Waals surface area (Å²) >= 11 is 6.12. The molecule has 1 aromatic carbocycles. The molecule has 7 heteroatoms. The summed E-state index contributed by atoms with van der Waals surface area (Å²) in [5.41, 5.74) is 0.924. The van der Waals surface area contributed by atoms with Crippen molar-refractivity contribution in [3.8, 4) is 0 Å². The van der Waals surface area contributed by atoms with Crippen molar-refractivity contribution in [2.24, 2.45) is 0 Å². The lowest BCUT2D eigenvalue weighted by atomic mass is 10.2. The van der Waals surface area contributed by atoms with Crippen molar-refractivity contribution in [1.29, 1.82) is 0 Å². The Morgan fingerprint density at radius 3 is 2.85 bits per heavy atom. The number of alkyl carbamates (subject to hydrolysis) is 1. The number of nitrogens with one attached hydrogen (secondary N) is 1. The minimum Gasteiger partial charge on any atom is -0.478 e. The van der Waals surface area contributed by atoms with Crippen LogP contribution in [-0.4, -0.2) is 43.4 Å². The van der Waals surface area contributed by atoms with Crippen LogP contribution in [0.2, 0.25) is 5.02 Å². The van der Waals surface area contributed by atoms with E-state index in [9.17, 15) is 9.59 Å². The second-order valence-electron chi connectivity index (χ2n) is 4.54. The van der Waals surface area contributed by atoms with Gasteiger partial charge in [-0.2, -0.15) is 0 Å². The SMILES string of the molecule is COC(=O)NC1CCN(c2ccc(C(=O)O)cc2Cl)C1. The first-order chi connectivity index (χ1) is 9.51. The summed E-state index contributed by atoms with van der Waals surface area (Å²) in [6.07, 6.45) is 0.329. The first kappa shape index (κ1) is 14.5. The van der Waals surface area contributed by atoms with Crippen molar-refractivity contribution in [2.75, 3.05) is 25.1 Å². The van der Waals surface area contributed by atoms with Gasteiger partial charge in [0, 0.05) is 13.1 Å². The van der Waals surface area contributed by atoms with Crippen LogP contribution >= 0.6 is 11.6 Å². The third-order valence-corrected chi connectivity index (χ3v) is 3.53. The molecule has 1 unspecified atom stereocenters. The number of carbonyl (C=O) groups excluding carboxylic acids is 1. The van der Waals surface area contributed by atoms with Gasteiger partial charge in [0.1, 0.15) is 0 Å². The zero-order valence-electron chi connectivity index (χ0n) is 10.9. The number of carbonyl (C=O) groups is 2. The number of carboxylic acids is 1. The number of ether oxygens (including phenoxy) is 1. The maximum Gasteiger partial charge on any atom is 0.407 e.